The number of allylic oxidation sites excluding steroid dienone is 1. The Bertz CT molecular complexity index is 880. The Labute approximate surface area is 329 Å². The van der Waals surface area contributed by atoms with E-state index >= 15 is 0 Å². The van der Waals surface area contributed by atoms with Gasteiger partial charge in [-0.2, -0.15) is 0 Å². The van der Waals surface area contributed by atoms with Gasteiger partial charge >= 0.3 is 0 Å². The van der Waals surface area contributed by atoms with E-state index in [0.717, 1.165) is 38.5 Å². The first-order valence-electron chi connectivity index (χ1n) is 22.6. The van der Waals surface area contributed by atoms with Gasteiger partial charge in [0.15, 0.2) is 0 Å². The fraction of sp³-hybridized carbons (Fsp3) is 0.932. The number of amides is 1. The number of likely N-dealkylation sites (N-methyl/N-ethyl adjacent to an activating group) is 1. The predicted molar refractivity (Wildman–Crippen MR) is 224 cm³/mol. The van der Waals surface area contributed by atoms with Gasteiger partial charge < -0.3 is 28.8 Å². The number of nitrogens with one attached hydrogen (secondary N) is 1. The first kappa shape index (κ1) is 52.2. The van der Waals surface area contributed by atoms with Gasteiger partial charge in [-0.3, -0.25) is 9.36 Å². The normalized spacial score (nSPS) is 14.5. The largest absolute Gasteiger partial charge is 0.756 e. The molecule has 0 aromatic heterocycles. The van der Waals surface area contributed by atoms with Crippen LogP contribution in [0.15, 0.2) is 12.2 Å². The highest BCUT2D eigenvalue weighted by Gasteiger charge is 2.23. The van der Waals surface area contributed by atoms with E-state index in [9.17, 15) is 19.4 Å². The number of hydrogen-bond acceptors (Lipinski definition) is 6. The minimum absolute atomic E-state index is 0.000406. The molecule has 2 N–H and O–H groups in total. The van der Waals surface area contributed by atoms with Crippen molar-refractivity contribution in [2.75, 3.05) is 40.9 Å². The molecule has 0 aromatic rings. The number of nitrogens with zero attached hydrogens (tertiary/aromatic N) is 1. The van der Waals surface area contributed by atoms with Crippen molar-refractivity contribution in [3.63, 3.8) is 0 Å². The second kappa shape index (κ2) is 36.9. The summed E-state index contributed by atoms with van der Waals surface area (Å²) in [5, 5.41) is 13.6. The van der Waals surface area contributed by atoms with Gasteiger partial charge in [0.25, 0.3) is 7.82 Å². The van der Waals surface area contributed by atoms with Crippen LogP contribution in [0.3, 0.4) is 0 Å². The molecule has 3 atom stereocenters. The molecule has 0 saturated carbocycles. The molecule has 1 amide bonds. The first-order chi connectivity index (χ1) is 25.5. The molecule has 3 unspecified atom stereocenters. The van der Waals surface area contributed by atoms with Crippen LogP contribution in [-0.4, -0.2) is 68.5 Å². The van der Waals surface area contributed by atoms with Gasteiger partial charge in [-0.1, -0.05) is 199 Å². The highest BCUT2D eigenvalue weighted by molar-refractivity contribution is 7.45. The van der Waals surface area contributed by atoms with Gasteiger partial charge in [0.05, 0.1) is 39.9 Å². The lowest BCUT2D eigenvalue weighted by atomic mass is 10.0. The lowest BCUT2D eigenvalue weighted by Crippen LogP contribution is -2.45. The van der Waals surface area contributed by atoms with E-state index in [1.165, 1.54) is 154 Å². The molecule has 0 spiro atoms. The number of aliphatic hydroxyl groups is 1. The smallest absolute Gasteiger partial charge is 0.268 e. The topological polar surface area (TPSA) is 108 Å². The SMILES string of the molecule is CCCCCCCCCCCCCCCCCCCCCCCCCCCC/C=C/C(O)C(COP(=O)([O-])OCC[N+](C)(C)C)NC(=O)CCCCC. The Morgan fingerprint density at radius 1 is 0.642 bits per heavy atom. The van der Waals surface area contributed by atoms with Crippen LogP contribution in [0.2, 0.25) is 0 Å². The molecule has 0 bridgehead atoms. The van der Waals surface area contributed by atoms with Crippen LogP contribution in [0.1, 0.15) is 213 Å². The third-order valence-electron chi connectivity index (χ3n) is 10.2. The molecule has 0 aliphatic rings. The van der Waals surface area contributed by atoms with Gasteiger partial charge in [-0.15, -0.1) is 0 Å². The van der Waals surface area contributed by atoms with E-state index in [1.807, 2.05) is 27.2 Å². The summed E-state index contributed by atoms with van der Waals surface area (Å²) in [6, 6.07) is -0.876. The Hall–Kier alpha value is -0.760. The minimum atomic E-state index is -4.56. The predicted octanol–water partition coefficient (Wildman–Crippen LogP) is 11.7. The summed E-state index contributed by atoms with van der Waals surface area (Å²) >= 11 is 0. The molecule has 0 fully saturated rings. The van der Waals surface area contributed by atoms with Crippen LogP contribution in [0.25, 0.3) is 0 Å². The average molecular weight is 773 g/mol. The van der Waals surface area contributed by atoms with Crippen LogP contribution >= 0.6 is 7.82 Å². The van der Waals surface area contributed by atoms with E-state index in [2.05, 4.69) is 19.2 Å². The monoisotopic (exact) mass is 773 g/mol. The zero-order valence-electron chi connectivity index (χ0n) is 35.7. The maximum atomic E-state index is 12.5. The van der Waals surface area contributed by atoms with Gasteiger partial charge in [-0.25, -0.2) is 0 Å². The van der Waals surface area contributed by atoms with Crippen molar-refractivity contribution < 1.29 is 32.9 Å². The highest BCUT2D eigenvalue weighted by Crippen LogP contribution is 2.38. The number of aliphatic hydroxyl groups excluding tert-OH is 1. The summed E-state index contributed by atoms with van der Waals surface area (Å²) < 4.78 is 22.9. The second-order valence-corrected chi connectivity index (χ2v) is 18.2. The average Bonchev–Trinajstić information content (AvgIpc) is 3.10. The van der Waals surface area contributed by atoms with Crippen molar-refractivity contribution in [2.45, 2.75) is 225 Å². The maximum absolute atomic E-state index is 12.5. The standard InChI is InChI=1S/C44H89N2O6P/c1-6-8-10-11-12-13-14-15-16-17-18-19-20-21-22-23-24-25-26-27-28-29-30-31-32-33-34-36-37-43(47)42(45-44(48)38-35-9-7-2)41-52-53(49,50)51-40-39-46(3,4)5/h36-37,42-43,47H,6-35,38-41H2,1-5H3,(H-,45,48,49,50)/b37-36+. The number of carbonyl (C=O) groups excluding carboxylic acids is 1. The number of hydrogen-bond donors (Lipinski definition) is 2. The fourth-order valence-electron chi connectivity index (χ4n) is 6.62. The van der Waals surface area contributed by atoms with Crippen molar-refractivity contribution in [3.8, 4) is 0 Å². The van der Waals surface area contributed by atoms with Crippen molar-refractivity contribution in [1.82, 2.24) is 5.32 Å². The molecule has 0 aromatic carbocycles. The van der Waals surface area contributed by atoms with Crippen LogP contribution in [0.4, 0.5) is 0 Å². The molecule has 316 valence electrons. The Morgan fingerprint density at radius 2 is 1.02 bits per heavy atom. The molecule has 9 heteroatoms. The first-order valence-corrected chi connectivity index (χ1v) is 24.0. The molecular formula is C44H89N2O6P. The molecule has 8 nitrogen and oxygen atoms in total. The van der Waals surface area contributed by atoms with E-state index in [4.69, 9.17) is 9.05 Å². The van der Waals surface area contributed by atoms with Crippen LogP contribution < -0.4 is 10.2 Å². The quantitative estimate of drug-likeness (QED) is 0.0277. The lowest BCUT2D eigenvalue weighted by Gasteiger charge is -2.29. The Kier molecular flexibility index (Phi) is 36.3. The number of phosphoric ester groups is 1. The molecule has 53 heavy (non-hydrogen) atoms. The van der Waals surface area contributed by atoms with Crippen molar-refractivity contribution in [1.29, 1.82) is 0 Å². The molecule has 0 saturated heterocycles. The van der Waals surface area contributed by atoms with Crippen molar-refractivity contribution >= 4 is 13.7 Å². The Morgan fingerprint density at radius 3 is 1.42 bits per heavy atom. The molecular weight excluding hydrogens is 683 g/mol. The van der Waals surface area contributed by atoms with Crippen LogP contribution in [-0.2, 0) is 18.4 Å². The van der Waals surface area contributed by atoms with Gasteiger partial charge in [-0.05, 0) is 19.3 Å². The number of carbonyl (C=O) groups is 1. The van der Waals surface area contributed by atoms with Gasteiger partial charge in [0.2, 0.25) is 5.91 Å². The molecule has 0 rings (SSSR count). The zero-order valence-corrected chi connectivity index (χ0v) is 36.6. The maximum Gasteiger partial charge on any atom is 0.268 e. The summed E-state index contributed by atoms with van der Waals surface area (Å²) in [5.41, 5.74) is 0. The third-order valence-corrected chi connectivity index (χ3v) is 11.2. The summed E-state index contributed by atoms with van der Waals surface area (Å²) in [6.07, 6.45) is 42.3. The number of rotatable bonds is 41. The molecule has 0 aliphatic heterocycles. The van der Waals surface area contributed by atoms with Crippen molar-refractivity contribution in [2.24, 2.45) is 0 Å². The Balaban J connectivity index is 3.87. The summed E-state index contributed by atoms with van der Waals surface area (Å²) in [4.78, 5) is 24.8. The molecule has 0 heterocycles. The van der Waals surface area contributed by atoms with E-state index in [1.54, 1.807) is 6.08 Å². The van der Waals surface area contributed by atoms with Crippen molar-refractivity contribution in [3.05, 3.63) is 12.2 Å². The zero-order chi connectivity index (χ0) is 39.3. The molecule has 0 radical (unpaired) electrons. The van der Waals surface area contributed by atoms with Gasteiger partial charge in [0, 0.05) is 6.42 Å². The number of unbranched alkanes of at least 4 members (excludes halogenated alkanes) is 28. The molecule has 0 aliphatic carbocycles. The summed E-state index contributed by atoms with van der Waals surface area (Å²) in [6.45, 7) is 4.48. The third kappa shape index (κ3) is 39.3. The van der Waals surface area contributed by atoms with Crippen LogP contribution in [0.5, 0.6) is 0 Å². The van der Waals surface area contributed by atoms with Gasteiger partial charge in [0.1, 0.15) is 13.2 Å². The lowest BCUT2D eigenvalue weighted by molar-refractivity contribution is -0.870. The second-order valence-electron chi connectivity index (χ2n) is 16.8. The number of quaternary nitrogens is 1. The van der Waals surface area contributed by atoms with Crippen LogP contribution in [0, 0.1) is 0 Å². The van der Waals surface area contributed by atoms with E-state index in [-0.39, 0.29) is 19.1 Å². The minimum Gasteiger partial charge on any atom is -0.756 e. The highest BCUT2D eigenvalue weighted by atomic mass is 31.2. The van der Waals surface area contributed by atoms with E-state index < -0.39 is 20.0 Å². The summed E-state index contributed by atoms with van der Waals surface area (Å²) in [5.74, 6) is -0.221. The summed E-state index contributed by atoms with van der Waals surface area (Å²) in [7, 11) is 1.26. The fourth-order valence-corrected chi connectivity index (χ4v) is 7.35. The van der Waals surface area contributed by atoms with E-state index in [0.29, 0.717) is 17.4 Å². The number of phosphoric acid groups is 1.